The number of aryl methyl sites for hydroxylation is 2. The van der Waals surface area contributed by atoms with Crippen molar-refractivity contribution in [3.8, 4) is 0 Å². The topological polar surface area (TPSA) is 57.3 Å². The zero-order chi connectivity index (χ0) is 23.0. The molecule has 2 heterocycles. The zero-order valence-electron chi connectivity index (χ0n) is 18.6. The Balaban J connectivity index is 0.00000166. The first kappa shape index (κ1) is 24.7. The van der Waals surface area contributed by atoms with Crippen LogP contribution in [0.25, 0.3) is 0 Å². The highest BCUT2D eigenvalue weighted by Gasteiger charge is 2.24. The van der Waals surface area contributed by atoms with Crippen molar-refractivity contribution in [2.24, 2.45) is 0 Å². The van der Waals surface area contributed by atoms with Crippen LogP contribution in [0.4, 0.5) is 24.7 Å². The van der Waals surface area contributed by atoms with Crippen LogP contribution in [-0.4, -0.2) is 42.0 Å². The Morgan fingerprint density at radius 2 is 1.74 bits per heavy atom. The van der Waals surface area contributed by atoms with Crippen LogP contribution in [-0.2, 0) is 0 Å². The summed E-state index contributed by atoms with van der Waals surface area (Å²) in [5.41, 5.74) is 0.848. The molecule has 1 fully saturated rings. The molecule has 2 aromatic rings. The van der Waals surface area contributed by atoms with Gasteiger partial charge in [0.25, 0.3) is 5.91 Å². The third-order valence-corrected chi connectivity index (χ3v) is 5.03. The predicted octanol–water partition coefficient (Wildman–Crippen LogP) is 5.10. The summed E-state index contributed by atoms with van der Waals surface area (Å²) in [5, 5.41) is 5.33. The molecular formula is C23H31F3N4O. The Kier molecular flexibility index (Phi) is 9.30. The molecule has 0 atom stereocenters. The first-order chi connectivity index (χ1) is 14.9. The van der Waals surface area contributed by atoms with Gasteiger partial charge in [-0.2, -0.15) is 0 Å². The van der Waals surface area contributed by atoms with Crippen LogP contribution in [0, 0.1) is 31.3 Å². The van der Waals surface area contributed by atoms with Crippen LogP contribution < -0.4 is 10.6 Å². The Bertz CT molecular complexity index is 899. The van der Waals surface area contributed by atoms with Crippen molar-refractivity contribution in [3.05, 3.63) is 52.5 Å². The van der Waals surface area contributed by atoms with Crippen LogP contribution in [0.15, 0.2) is 18.3 Å². The number of carbonyl (C=O) groups is 1. The lowest BCUT2D eigenvalue weighted by Crippen LogP contribution is -2.37. The van der Waals surface area contributed by atoms with Crippen LogP contribution >= 0.6 is 0 Å². The number of rotatable bonds is 6. The van der Waals surface area contributed by atoms with Gasteiger partial charge in [0.2, 0.25) is 0 Å². The van der Waals surface area contributed by atoms with Gasteiger partial charge in [-0.05, 0) is 57.0 Å². The van der Waals surface area contributed by atoms with Gasteiger partial charge in [-0.1, -0.05) is 26.3 Å². The number of likely N-dealkylation sites (tertiary alicyclic amines) is 1. The van der Waals surface area contributed by atoms with Crippen LogP contribution in [0.1, 0.15) is 54.6 Å². The van der Waals surface area contributed by atoms with Crippen molar-refractivity contribution in [2.45, 2.75) is 47.0 Å². The van der Waals surface area contributed by atoms with Gasteiger partial charge in [-0.3, -0.25) is 4.79 Å². The molecule has 0 aliphatic carbocycles. The maximum Gasteiger partial charge on any atom is 0.253 e. The van der Waals surface area contributed by atoms with Crippen molar-refractivity contribution >= 4 is 17.4 Å². The highest BCUT2D eigenvalue weighted by Crippen LogP contribution is 2.29. The van der Waals surface area contributed by atoms with Crippen LogP contribution in [0.3, 0.4) is 0 Å². The van der Waals surface area contributed by atoms with Gasteiger partial charge < -0.3 is 15.5 Å². The van der Waals surface area contributed by atoms with E-state index in [-0.39, 0.29) is 11.4 Å². The van der Waals surface area contributed by atoms with Crippen molar-refractivity contribution in [3.63, 3.8) is 0 Å². The van der Waals surface area contributed by atoms with Crippen molar-refractivity contribution in [2.75, 3.05) is 31.5 Å². The van der Waals surface area contributed by atoms with E-state index in [0.717, 1.165) is 31.5 Å². The number of hydrogen-bond donors (Lipinski definition) is 2. The lowest BCUT2D eigenvalue weighted by atomic mass is 10.1. The molecule has 0 bridgehead atoms. The number of nitrogens with zero attached hydrogens (tertiary/aromatic N) is 2. The standard InChI is InChI=1S/C21H25F3N4O.C2H6/c1-13-10-14(2)20(26-12-13)27-19-15(11-16(22)17(23)18(19)24)21(29)25-6-9-28-7-4-3-5-8-28;1-2/h10-12H,3-9H2,1-2H3,(H,25,29)(H,26,27);1-2H3. The highest BCUT2D eigenvalue weighted by molar-refractivity contribution is 6.00. The second-order valence-corrected chi connectivity index (χ2v) is 7.37. The quantitative estimate of drug-likeness (QED) is 0.619. The van der Waals surface area contributed by atoms with E-state index in [9.17, 15) is 18.0 Å². The number of aromatic nitrogens is 1. The van der Waals surface area contributed by atoms with Crippen molar-refractivity contribution in [1.29, 1.82) is 0 Å². The van der Waals surface area contributed by atoms with E-state index in [1.165, 1.54) is 6.42 Å². The molecule has 1 aromatic heterocycles. The minimum Gasteiger partial charge on any atom is -0.351 e. The fraction of sp³-hybridized carbons (Fsp3) is 0.478. The molecule has 0 radical (unpaired) electrons. The molecule has 0 unspecified atom stereocenters. The van der Waals surface area contributed by atoms with Gasteiger partial charge in [0.1, 0.15) is 5.82 Å². The SMILES string of the molecule is CC.Cc1cnc(Nc2c(C(=O)NCCN3CCCCC3)cc(F)c(F)c2F)c(C)c1. The molecule has 170 valence electrons. The number of carbonyl (C=O) groups excluding carboxylic acids is 1. The fourth-order valence-electron chi connectivity index (χ4n) is 3.47. The molecule has 3 rings (SSSR count). The molecule has 0 saturated carbocycles. The molecule has 2 N–H and O–H groups in total. The normalized spacial score (nSPS) is 13.9. The number of pyridine rings is 1. The minimum absolute atomic E-state index is 0.267. The Labute approximate surface area is 182 Å². The van der Waals surface area contributed by atoms with Gasteiger partial charge >= 0.3 is 0 Å². The average molecular weight is 437 g/mol. The largest absolute Gasteiger partial charge is 0.351 e. The summed E-state index contributed by atoms with van der Waals surface area (Å²) in [5.74, 6) is -4.91. The van der Waals surface area contributed by atoms with Gasteiger partial charge in [0.05, 0.1) is 11.3 Å². The Hall–Kier alpha value is -2.61. The smallest absolute Gasteiger partial charge is 0.253 e. The van der Waals surface area contributed by atoms with E-state index in [0.29, 0.717) is 24.7 Å². The molecule has 1 saturated heterocycles. The summed E-state index contributed by atoms with van der Waals surface area (Å²) < 4.78 is 42.2. The molecular weight excluding hydrogens is 405 g/mol. The van der Waals surface area contributed by atoms with Gasteiger partial charge in [0, 0.05) is 19.3 Å². The zero-order valence-corrected chi connectivity index (χ0v) is 18.6. The number of anilines is 2. The number of nitrogens with one attached hydrogen (secondary N) is 2. The molecule has 0 spiro atoms. The van der Waals surface area contributed by atoms with E-state index in [4.69, 9.17) is 0 Å². The highest BCUT2D eigenvalue weighted by atomic mass is 19.2. The van der Waals surface area contributed by atoms with E-state index >= 15 is 0 Å². The predicted molar refractivity (Wildman–Crippen MR) is 117 cm³/mol. The molecule has 31 heavy (non-hydrogen) atoms. The first-order valence-electron chi connectivity index (χ1n) is 10.7. The van der Waals surface area contributed by atoms with E-state index in [2.05, 4.69) is 20.5 Å². The summed E-state index contributed by atoms with van der Waals surface area (Å²) >= 11 is 0. The molecule has 1 aromatic carbocycles. The summed E-state index contributed by atoms with van der Waals surface area (Å²) in [6.07, 6.45) is 5.02. The molecule has 8 heteroatoms. The summed E-state index contributed by atoms with van der Waals surface area (Å²) in [7, 11) is 0. The lowest BCUT2D eigenvalue weighted by molar-refractivity contribution is 0.0946. The second-order valence-electron chi connectivity index (χ2n) is 7.37. The fourth-order valence-corrected chi connectivity index (χ4v) is 3.47. The van der Waals surface area contributed by atoms with E-state index < -0.39 is 29.0 Å². The number of halogens is 3. The Morgan fingerprint density at radius 3 is 2.39 bits per heavy atom. The number of amides is 1. The van der Waals surface area contributed by atoms with Crippen LogP contribution in [0.2, 0.25) is 0 Å². The molecule has 5 nitrogen and oxygen atoms in total. The van der Waals surface area contributed by atoms with Gasteiger partial charge in [-0.25, -0.2) is 18.2 Å². The first-order valence-corrected chi connectivity index (χ1v) is 10.7. The van der Waals surface area contributed by atoms with E-state index in [1.807, 2.05) is 26.8 Å². The maximum absolute atomic E-state index is 14.5. The third kappa shape index (κ3) is 6.43. The lowest BCUT2D eigenvalue weighted by Gasteiger charge is -2.26. The third-order valence-electron chi connectivity index (χ3n) is 5.03. The number of benzene rings is 1. The number of piperidine rings is 1. The molecule has 1 amide bonds. The Morgan fingerprint density at radius 1 is 1.06 bits per heavy atom. The maximum atomic E-state index is 14.5. The average Bonchev–Trinajstić information content (AvgIpc) is 2.77. The monoisotopic (exact) mass is 436 g/mol. The van der Waals surface area contributed by atoms with Crippen molar-refractivity contribution in [1.82, 2.24) is 15.2 Å². The summed E-state index contributed by atoms with van der Waals surface area (Å²) in [6.45, 7) is 10.5. The van der Waals surface area contributed by atoms with Crippen molar-refractivity contribution < 1.29 is 18.0 Å². The minimum atomic E-state index is -1.64. The van der Waals surface area contributed by atoms with Gasteiger partial charge in [-0.15, -0.1) is 0 Å². The van der Waals surface area contributed by atoms with Gasteiger partial charge in [0.15, 0.2) is 17.5 Å². The van der Waals surface area contributed by atoms with Crippen LogP contribution in [0.5, 0.6) is 0 Å². The molecule has 1 aliphatic rings. The summed E-state index contributed by atoms with van der Waals surface area (Å²) in [6, 6.07) is 2.52. The summed E-state index contributed by atoms with van der Waals surface area (Å²) in [4.78, 5) is 19.0. The second kappa shape index (κ2) is 11.7. The molecule has 1 aliphatic heterocycles. The number of hydrogen-bond acceptors (Lipinski definition) is 4. The van der Waals surface area contributed by atoms with E-state index in [1.54, 1.807) is 13.1 Å².